The number of amides is 1. The summed E-state index contributed by atoms with van der Waals surface area (Å²) in [6, 6.07) is 14.4. The lowest BCUT2D eigenvalue weighted by atomic mass is 10.2. The van der Waals surface area contributed by atoms with Crippen LogP contribution in [0.25, 0.3) is 5.69 Å². The van der Waals surface area contributed by atoms with Gasteiger partial charge in [-0.05, 0) is 25.1 Å². The van der Waals surface area contributed by atoms with Crippen LogP contribution >= 0.6 is 11.6 Å². The summed E-state index contributed by atoms with van der Waals surface area (Å²) in [4.78, 5) is 12.8. The van der Waals surface area contributed by atoms with Gasteiger partial charge in [0, 0.05) is 12.1 Å². The summed E-state index contributed by atoms with van der Waals surface area (Å²) in [5, 5.41) is 7.56. The molecule has 7 heteroatoms. The maximum Gasteiger partial charge on any atom is 0.258 e. The summed E-state index contributed by atoms with van der Waals surface area (Å²) in [6.07, 6.45) is 0. The second kappa shape index (κ2) is 7.49. The highest BCUT2D eigenvalue weighted by molar-refractivity contribution is 6.34. The van der Waals surface area contributed by atoms with Crippen molar-refractivity contribution in [1.82, 2.24) is 9.78 Å². The predicted molar refractivity (Wildman–Crippen MR) is 101 cm³/mol. The van der Waals surface area contributed by atoms with Crippen LogP contribution in [0.2, 0.25) is 5.02 Å². The molecule has 26 heavy (non-hydrogen) atoms. The van der Waals surface area contributed by atoms with Gasteiger partial charge in [0.2, 0.25) is 0 Å². The van der Waals surface area contributed by atoms with Gasteiger partial charge in [0.15, 0.2) is 11.5 Å². The number of rotatable bonds is 5. The van der Waals surface area contributed by atoms with Crippen molar-refractivity contribution in [3.63, 3.8) is 0 Å². The summed E-state index contributed by atoms with van der Waals surface area (Å²) >= 11 is 6.24. The van der Waals surface area contributed by atoms with Gasteiger partial charge in [-0.2, -0.15) is 5.10 Å². The minimum absolute atomic E-state index is 0.266. The lowest BCUT2D eigenvalue weighted by Gasteiger charge is -2.12. The van der Waals surface area contributed by atoms with Crippen LogP contribution in [-0.2, 0) is 0 Å². The Bertz CT molecular complexity index is 939. The van der Waals surface area contributed by atoms with Gasteiger partial charge in [0.1, 0.15) is 5.82 Å². The van der Waals surface area contributed by atoms with Gasteiger partial charge in [-0.15, -0.1) is 0 Å². The largest absolute Gasteiger partial charge is 0.493 e. The number of carbonyl (C=O) groups excluding carboxylic acids is 1. The number of para-hydroxylation sites is 1. The summed E-state index contributed by atoms with van der Waals surface area (Å²) in [6.45, 7) is 1.86. The van der Waals surface area contributed by atoms with E-state index >= 15 is 0 Å². The molecule has 1 N–H and O–H groups in total. The first-order valence-electron chi connectivity index (χ1n) is 7.88. The normalized spacial score (nSPS) is 10.5. The Hall–Kier alpha value is -2.99. The molecule has 1 heterocycles. The number of ether oxygens (including phenoxy) is 2. The van der Waals surface area contributed by atoms with Gasteiger partial charge in [-0.3, -0.25) is 4.79 Å². The van der Waals surface area contributed by atoms with Crippen molar-refractivity contribution in [1.29, 1.82) is 0 Å². The number of aromatic nitrogens is 2. The van der Waals surface area contributed by atoms with Crippen LogP contribution < -0.4 is 14.8 Å². The van der Waals surface area contributed by atoms with Crippen LogP contribution in [0.4, 0.5) is 5.82 Å². The van der Waals surface area contributed by atoms with E-state index in [9.17, 15) is 4.79 Å². The number of aryl methyl sites for hydroxylation is 1. The SMILES string of the molecule is COc1cc(Cl)c(C(=O)Nc2cc(C)nn2-c2ccccc2)cc1OC. The minimum atomic E-state index is -0.368. The first-order chi connectivity index (χ1) is 12.5. The second-order valence-electron chi connectivity index (χ2n) is 5.56. The van der Waals surface area contributed by atoms with Crippen molar-refractivity contribution in [3.05, 3.63) is 64.8 Å². The number of nitrogens with one attached hydrogen (secondary N) is 1. The van der Waals surface area contributed by atoms with E-state index < -0.39 is 0 Å². The maximum absolute atomic E-state index is 12.8. The Morgan fingerprint density at radius 3 is 2.38 bits per heavy atom. The fourth-order valence-corrected chi connectivity index (χ4v) is 2.81. The fourth-order valence-electron chi connectivity index (χ4n) is 2.57. The molecule has 2 aromatic carbocycles. The highest BCUT2D eigenvalue weighted by Crippen LogP contribution is 2.33. The van der Waals surface area contributed by atoms with Crippen molar-refractivity contribution in [2.45, 2.75) is 6.92 Å². The molecule has 0 unspecified atom stereocenters. The average Bonchev–Trinajstić information content (AvgIpc) is 3.02. The second-order valence-corrected chi connectivity index (χ2v) is 5.97. The molecule has 3 rings (SSSR count). The molecule has 0 aliphatic rings. The standard InChI is InChI=1S/C19H18ClN3O3/c1-12-9-18(23(22-12)13-7-5-4-6-8-13)21-19(24)14-10-16(25-2)17(26-3)11-15(14)20/h4-11H,1-3H3,(H,21,24). The van der Waals surface area contributed by atoms with Crippen molar-refractivity contribution in [3.8, 4) is 17.2 Å². The number of hydrogen-bond donors (Lipinski definition) is 1. The monoisotopic (exact) mass is 371 g/mol. The zero-order valence-corrected chi connectivity index (χ0v) is 15.4. The molecule has 6 nitrogen and oxygen atoms in total. The Kier molecular flexibility index (Phi) is 5.14. The third-order valence-electron chi connectivity index (χ3n) is 3.79. The maximum atomic E-state index is 12.8. The number of nitrogens with zero attached hydrogens (tertiary/aromatic N) is 2. The van der Waals surface area contributed by atoms with Crippen LogP contribution in [0.5, 0.6) is 11.5 Å². The van der Waals surface area contributed by atoms with Crippen molar-refractivity contribution < 1.29 is 14.3 Å². The lowest BCUT2D eigenvalue weighted by molar-refractivity contribution is 0.102. The van der Waals surface area contributed by atoms with Gasteiger partial charge in [0.25, 0.3) is 5.91 Å². The van der Waals surface area contributed by atoms with Crippen LogP contribution in [0.3, 0.4) is 0 Å². The van der Waals surface area contributed by atoms with E-state index in [1.807, 2.05) is 37.3 Å². The van der Waals surface area contributed by atoms with E-state index in [1.54, 1.807) is 22.9 Å². The highest BCUT2D eigenvalue weighted by Gasteiger charge is 2.18. The van der Waals surface area contributed by atoms with E-state index in [4.69, 9.17) is 21.1 Å². The van der Waals surface area contributed by atoms with Gasteiger partial charge in [-0.1, -0.05) is 29.8 Å². The molecular weight excluding hydrogens is 354 g/mol. The molecule has 0 bridgehead atoms. The third kappa shape index (κ3) is 3.50. The summed E-state index contributed by atoms with van der Waals surface area (Å²) < 4.78 is 12.1. The predicted octanol–water partition coefficient (Wildman–Crippen LogP) is 4.10. The number of carbonyl (C=O) groups is 1. The highest BCUT2D eigenvalue weighted by atomic mass is 35.5. The Morgan fingerprint density at radius 2 is 1.73 bits per heavy atom. The van der Waals surface area contributed by atoms with E-state index in [0.29, 0.717) is 17.3 Å². The summed E-state index contributed by atoms with van der Waals surface area (Å²) in [5.41, 5.74) is 1.90. The van der Waals surface area contributed by atoms with E-state index in [0.717, 1.165) is 11.4 Å². The third-order valence-corrected chi connectivity index (χ3v) is 4.10. The molecule has 0 fully saturated rings. The topological polar surface area (TPSA) is 65.4 Å². The molecule has 1 aromatic heterocycles. The van der Waals surface area contributed by atoms with Crippen molar-refractivity contribution in [2.75, 3.05) is 19.5 Å². The first kappa shape index (κ1) is 17.8. The van der Waals surface area contributed by atoms with Crippen LogP contribution in [0.15, 0.2) is 48.5 Å². The average molecular weight is 372 g/mol. The smallest absolute Gasteiger partial charge is 0.258 e. The van der Waals surface area contributed by atoms with E-state index in [2.05, 4.69) is 10.4 Å². The summed E-state index contributed by atoms with van der Waals surface area (Å²) in [7, 11) is 3.01. The fraction of sp³-hybridized carbons (Fsp3) is 0.158. The molecule has 3 aromatic rings. The molecule has 0 saturated carbocycles. The number of benzene rings is 2. The molecule has 0 saturated heterocycles. The zero-order chi connectivity index (χ0) is 18.7. The van der Waals surface area contributed by atoms with Gasteiger partial charge in [-0.25, -0.2) is 4.68 Å². The van der Waals surface area contributed by atoms with Crippen LogP contribution in [0, 0.1) is 6.92 Å². The molecule has 0 aliphatic carbocycles. The number of anilines is 1. The lowest BCUT2D eigenvalue weighted by Crippen LogP contribution is -2.16. The number of halogens is 1. The summed E-state index contributed by atoms with van der Waals surface area (Å²) in [5.74, 6) is 1.06. The molecule has 0 aliphatic heterocycles. The number of methoxy groups -OCH3 is 2. The first-order valence-corrected chi connectivity index (χ1v) is 8.26. The Labute approximate surface area is 156 Å². The zero-order valence-electron chi connectivity index (χ0n) is 14.6. The van der Waals surface area contributed by atoms with Gasteiger partial charge in [0.05, 0.1) is 36.2 Å². The molecule has 0 spiro atoms. The molecule has 0 atom stereocenters. The quantitative estimate of drug-likeness (QED) is 0.733. The van der Waals surface area contributed by atoms with Crippen LogP contribution in [-0.4, -0.2) is 29.9 Å². The Balaban J connectivity index is 1.95. The molecular formula is C19H18ClN3O3. The van der Waals surface area contributed by atoms with Crippen LogP contribution in [0.1, 0.15) is 16.1 Å². The Morgan fingerprint density at radius 1 is 1.08 bits per heavy atom. The number of hydrogen-bond acceptors (Lipinski definition) is 4. The van der Waals surface area contributed by atoms with E-state index in [1.165, 1.54) is 14.2 Å². The minimum Gasteiger partial charge on any atom is -0.493 e. The molecule has 134 valence electrons. The van der Waals surface area contributed by atoms with Gasteiger partial charge < -0.3 is 14.8 Å². The molecule has 1 amide bonds. The molecule has 0 radical (unpaired) electrons. The van der Waals surface area contributed by atoms with E-state index in [-0.39, 0.29) is 16.5 Å². The van der Waals surface area contributed by atoms with Gasteiger partial charge >= 0.3 is 0 Å². The van der Waals surface area contributed by atoms with Crippen molar-refractivity contribution in [2.24, 2.45) is 0 Å². The van der Waals surface area contributed by atoms with Crippen molar-refractivity contribution >= 4 is 23.3 Å².